The van der Waals surface area contributed by atoms with Gasteiger partial charge in [0.1, 0.15) is 16.9 Å². The van der Waals surface area contributed by atoms with E-state index in [1.54, 1.807) is 17.0 Å². The number of nitrogens with zero attached hydrogens (tertiary/aromatic N) is 4. The maximum absolute atomic E-state index is 13.4. The van der Waals surface area contributed by atoms with Crippen molar-refractivity contribution in [2.75, 3.05) is 25.5 Å². The van der Waals surface area contributed by atoms with E-state index < -0.39 is 0 Å². The second-order valence-electron chi connectivity index (χ2n) is 11.5. The van der Waals surface area contributed by atoms with Crippen molar-refractivity contribution in [3.63, 3.8) is 0 Å². The molecule has 2 amide bonds. The summed E-state index contributed by atoms with van der Waals surface area (Å²) in [6.45, 7) is 13.6. The van der Waals surface area contributed by atoms with Crippen LogP contribution in [0, 0.1) is 11.8 Å². The largest absolute Gasteiger partial charge is 0.489 e. The third-order valence-electron chi connectivity index (χ3n) is 8.47. The molecule has 9 nitrogen and oxygen atoms in total. The van der Waals surface area contributed by atoms with E-state index in [1.165, 1.54) is 19.4 Å². The number of methoxy groups -OCH3 is 1. The number of imidazole rings is 1. The number of ether oxygens (including phenoxy) is 2. The van der Waals surface area contributed by atoms with E-state index in [4.69, 9.17) is 26.1 Å². The molecule has 2 aromatic heterocycles. The lowest BCUT2D eigenvalue weighted by Crippen LogP contribution is -2.34. The molecular weight excluding hydrogens is 566 g/mol. The second-order valence-corrected chi connectivity index (χ2v) is 11.9. The van der Waals surface area contributed by atoms with Crippen molar-refractivity contribution < 1.29 is 19.1 Å². The number of anilines is 1. The summed E-state index contributed by atoms with van der Waals surface area (Å²) < 4.78 is 13.8. The fourth-order valence-corrected chi connectivity index (χ4v) is 6.17. The van der Waals surface area contributed by atoms with Crippen molar-refractivity contribution in [2.24, 2.45) is 11.8 Å². The summed E-state index contributed by atoms with van der Waals surface area (Å²) in [6.07, 6.45) is 8.46. The second kappa shape index (κ2) is 14.7. The SMILES string of the molecule is C=CC(=O)N1CCCC[C@@H](n2c(NC(=O)c3ccnc(OC)c3)nc3ccc(O[C@H](CC)C(C)C[C@@H](C)CC)c(Cl)c32)C1. The number of rotatable bonds is 12. The van der Waals surface area contributed by atoms with Gasteiger partial charge in [0, 0.05) is 30.9 Å². The quantitative estimate of drug-likeness (QED) is 0.216. The number of likely N-dealkylation sites (tertiary alicyclic amines) is 1. The molecule has 4 atom stereocenters. The Labute approximate surface area is 259 Å². The summed E-state index contributed by atoms with van der Waals surface area (Å²) in [5.41, 5.74) is 1.68. The highest BCUT2D eigenvalue weighted by atomic mass is 35.5. The monoisotopic (exact) mass is 609 g/mol. The predicted molar refractivity (Wildman–Crippen MR) is 171 cm³/mol. The highest BCUT2D eigenvalue weighted by Gasteiger charge is 2.29. The van der Waals surface area contributed by atoms with Crippen molar-refractivity contribution in [2.45, 2.75) is 78.4 Å². The van der Waals surface area contributed by atoms with Crippen LogP contribution in [0.25, 0.3) is 11.0 Å². The normalized spacial score (nSPS) is 17.5. The Morgan fingerprint density at radius 1 is 1.21 bits per heavy atom. The molecule has 1 unspecified atom stereocenters. The summed E-state index contributed by atoms with van der Waals surface area (Å²) in [5, 5.41) is 3.44. The minimum absolute atomic E-state index is 0.000231. The van der Waals surface area contributed by atoms with Gasteiger partial charge in [-0.2, -0.15) is 0 Å². The molecule has 1 aliphatic rings. The van der Waals surface area contributed by atoms with E-state index in [0.717, 1.165) is 38.5 Å². The van der Waals surface area contributed by atoms with Crippen molar-refractivity contribution in [3.8, 4) is 11.6 Å². The molecule has 0 spiro atoms. The van der Waals surface area contributed by atoms with Crippen LogP contribution in [-0.2, 0) is 4.79 Å². The van der Waals surface area contributed by atoms with Gasteiger partial charge in [0.05, 0.1) is 24.2 Å². The number of fused-ring (bicyclic) bond motifs is 1. The maximum atomic E-state index is 13.4. The van der Waals surface area contributed by atoms with Crippen LogP contribution in [0.3, 0.4) is 0 Å². The molecule has 3 aromatic rings. The van der Waals surface area contributed by atoms with Crippen molar-refractivity contribution in [1.29, 1.82) is 0 Å². The van der Waals surface area contributed by atoms with Crippen LogP contribution < -0.4 is 14.8 Å². The first kappa shape index (κ1) is 32.3. The first-order valence-corrected chi connectivity index (χ1v) is 15.7. The van der Waals surface area contributed by atoms with Gasteiger partial charge in [-0.15, -0.1) is 0 Å². The fraction of sp³-hybridized carbons (Fsp3) is 0.515. The summed E-state index contributed by atoms with van der Waals surface area (Å²) in [7, 11) is 1.50. The molecule has 43 heavy (non-hydrogen) atoms. The number of hydrogen-bond acceptors (Lipinski definition) is 6. The van der Waals surface area contributed by atoms with Gasteiger partial charge in [0.2, 0.25) is 17.7 Å². The number of hydrogen-bond donors (Lipinski definition) is 1. The zero-order chi connectivity index (χ0) is 31.1. The molecule has 0 saturated carbocycles. The van der Waals surface area contributed by atoms with Gasteiger partial charge >= 0.3 is 0 Å². The Hall–Kier alpha value is -3.59. The molecule has 4 rings (SSSR count). The average Bonchev–Trinajstić information content (AvgIpc) is 3.20. The van der Waals surface area contributed by atoms with Gasteiger partial charge in [0.25, 0.3) is 5.91 Å². The van der Waals surface area contributed by atoms with E-state index in [-0.39, 0.29) is 24.0 Å². The third-order valence-corrected chi connectivity index (χ3v) is 8.84. The van der Waals surface area contributed by atoms with E-state index in [0.29, 0.717) is 64.1 Å². The van der Waals surface area contributed by atoms with Gasteiger partial charge in [-0.25, -0.2) is 9.97 Å². The summed E-state index contributed by atoms with van der Waals surface area (Å²) >= 11 is 7.16. The van der Waals surface area contributed by atoms with Crippen LogP contribution in [0.15, 0.2) is 43.1 Å². The van der Waals surface area contributed by atoms with Crippen molar-refractivity contribution >= 4 is 40.4 Å². The maximum Gasteiger partial charge on any atom is 0.258 e. The zero-order valence-electron chi connectivity index (χ0n) is 25.9. The predicted octanol–water partition coefficient (Wildman–Crippen LogP) is 7.31. The Morgan fingerprint density at radius 3 is 2.70 bits per heavy atom. The lowest BCUT2D eigenvalue weighted by atomic mass is 9.90. The van der Waals surface area contributed by atoms with E-state index in [9.17, 15) is 9.59 Å². The topological polar surface area (TPSA) is 98.6 Å². The standard InChI is InChI=1S/C33H44ClN5O4/c1-7-21(4)18-22(5)26(8-2)43-27-14-13-25-31(30(27)34)39(24-12-10-11-17-38(20-24)29(40)9-3)33(36-25)37-32(41)23-15-16-35-28(19-23)42-6/h9,13-16,19,21-22,24,26H,3,7-8,10-12,17-18,20H2,1-2,4-6H3,(H,36,37,41)/t21-,22?,24+,26+/m0/s1. The van der Waals surface area contributed by atoms with Crippen LogP contribution in [0.1, 0.15) is 82.6 Å². The number of halogens is 1. The van der Waals surface area contributed by atoms with Crippen molar-refractivity contribution in [3.05, 3.63) is 53.7 Å². The third kappa shape index (κ3) is 7.50. The minimum atomic E-state index is -0.359. The lowest BCUT2D eigenvalue weighted by Gasteiger charge is -2.28. The Bertz CT molecular complexity index is 1440. The van der Waals surface area contributed by atoms with E-state index in [2.05, 4.69) is 44.6 Å². The Balaban J connectivity index is 1.78. The number of nitrogens with one attached hydrogen (secondary N) is 1. The first-order chi connectivity index (χ1) is 20.7. The number of aromatic nitrogens is 3. The molecule has 0 radical (unpaired) electrons. The van der Waals surface area contributed by atoms with Crippen LogP contribution in [0.4, 0.5) is 5.95 Å². The zero-order valence-corrected chi connectivity index (χ0v) is 26.7. The van der Waals surface area contributed by atoms with Crippen LogP contribution in [0.5, 0.6) is 11.6 Å². The van der Waals surface area contributed by atoms with Crippen LogP contribution >= 0.6 is 11.6 Å². The van der Waals surface area contributed by atoms with Gasteiger partial charge in [-0.05, 0) is 68.2 Å². The fourth-order valence-electron chi connectivity index (χ4n) is 5.88. The first-order valence-electron chi connectivity index (χ1n) is 15.3. The van der Waals surface area contributed by atoms with Gasteiger partial charge in [-0.3, -0.25) is 14.9 Å². The Morgan fingerprint density at radius 2 is 2.00 bits per heavy atom. The molecule has 0 bridgehead atoms. The lowest BCUT2D eigenvalue weighted by molar-refractivity contribution is -0.126. The summed E-state index contributed by atoms with van der Waals surface area (Å²) in [5.74, 6) is 1.75. The van der Waals surface area contributed by atoms with Crippen LogP contribution in [0.2, 0.25) is 5.02 Å². The molecule has 1 fully saturated rings. The molecule has 1 N–H and O–H groups in total. The molecule has 1 saturated heterocycles. The molecule has 232 valence electrons. The Kier molecular flexibility index (Phi) is 11.1. The number of carbonyl (C=O) groups is 2. The highest BCUT2D eigenvalue weighted by molar-refractivity contribution is 6.36. The highest BCUT2D eigenvalue weighted by Crippen LogP contribution is 2.39. The molecule has 10 heteroatoms. The number of benzene rings is 1. The number of carbonyl (C=O) groups excluding carboxylic acids is 2. The molecule has 1 aliphatic heterocycles. The smallest absolute Gasteiger partial charge is 0.258 e. The molecule has 1 aromatic carbocycles. The average molecular weight is 610 g/mol. The van der Waals surface area contributed by atoms with Crippen LogP contribution in [-0.4, -0.2) is 57.6 Å². The van der Waals surface area contributed by atoms with Gasteiger partial charge in [0.15, 0.2) is 0 Å². The molecular formula is C33H44ClN5O4. The van der Waals surface area contributed by atoms with Crippen molar-refractivity contribution in [1.82, 2.24) is 19.4 Å². The van der Waals surface area contributed by atoms with Gasteiger partial charge < -0.3 is 18.9 Å². The van der Waals surface area contributed by atoms with E-state index in [1.807, 2.05) is 16.7 Å². The number of pyridine rings is 1. The minimum Gasteiger partial charge on any atom is -0.489 e. The van der Waals surface area contributed by atoms with Gasteiger partial charge in [-0.1, -0.05) is 52.3 Å². The van der Waals surface area contributed by atoms with E-state index >= 15 is 0 Å². The summed E-state index contributed by atoms with van der Waals surface area (Å²) in [4.78, 5) is 36.8. The molecule has 3 heterocycles. The molecule has 0 aliphatic carbocycles. The number of amides is 2. The summed E-state index contributed by atoms with van der Waals surface area (Å²) in [6, 6.07) is 6.75.